The van der Waals surface area contributed by atoms with Gasteiger partial charge in [-0.05, 0) is 31.4 Å². The second-order valence-corrected chi connectivity index (χ2v) is 6.94. The molecule has 1 aliphatic heterocycles. The number of rotatable bonds is 6. The molecular weight excluding hydrogens is 320 g/mol. The maximum atomic E-state index is 11.7. The van der Waals surface area contributed by atoms with Gasteiger partial charge in [0.15, 0.2) is 0 Å². The first-order chi connectivity index (χ1) is 12.1. The van der Waals surface area contributed by atoms with Gasteiger partial charge >= 0.3 is 5.97 Å². The van der Waals surface area contributed by atoms with Crippen LogP contribution in [-0.4, -0.2) is 45.5 Å². The summed E-state index contributed by atoms with van der Waals surface area (Å²) in [5, 5.41) is 13.9. The molecule has 2 aromatic heterocycles. The fourth-order valence-electron chi connectivity index (χ4n) is 3.34. The van der Waals surface area contributed by atoms with E-state index in [1.54, 1.807) is 17.8 Å². The lowest BCUT2D eigenvalue weighted by atomic mass is 9.97. The number of ether oxygens (including phenoxy) is 1. The molecule has 0 unspecified atom stereocenters. The number of pyridine rings is 1. The Bertz CT molecular complexity index is 789. The summed E-state index contributed by atoms with van der Waals surface area (Å²) in [6, 6.07) is 3.98. The summed E-state index contributed by atoms with van der Waals surface area (Å²) in [7, 11) is 0. The van der Waals surface area contributed by atoms with Gasteiger partial charge in [-0.2, -0.15) is 5.10 Å². The number of aliphatic hydroxyl groups is 1. The van der Waals surface area contributed by atoms with Crippen molar-refractivity contribution in [1.82, 2.24) is 14.8 Å². The zero-order chi connectivity index (χ0) is 17.4. The highest BCUT2D eigenvalue weighted by molar-refractivity contribution is 5.88. The molecule has 25 heavy (non-hydrogen) atoms. The molecule has 0 aromatic carbocycles. The number of hydrogen-bond acceptors (Lipinski definition) is 6. The maximum absolute atomic E-state index is 11.7. The predicted octanol–water partition coefficient (Wildman–Crippen LogP) is 1.60. The van der Waals surface area contributed by atoms with Crippen molar-refractivity contribution in [3.63, 3.8) is 0 Å². The van der Waals surface area contributed by atoms with Gasteiger partial charge in [-0.1, -0.05) is 6.07 Å². The SMILES string of the molecule is CCOC(=O)c1cnn(Cc2ccc(N3CC4(CC4)C3)nc2CO)c1. The molecule has 7 nitrogen and oxygen atoms in total. The fraction of sp³-hybridized carbons (Fsp3) is 0.500. The van der Waals surface area contributed by atoms with Gasteiger partial charge in [0, 0.05) is 24.7 Å². The van der Waals surface area contributed by atoms with Gasteiger partial charge in [-0.25, -0.2) is 9.78 Å². The largest absolute Gasteiger partial charge is 0.462 e. The van der Waals surface area contributed by atoms with E-state index >= 15 is 0 Å². The minimum Gasteiger partial charge on any atom is -0.462 e. The number of hydrogen-bond donors (Lipinski definition) is 1. The van der Waals surface area contributed by atoms with E-state index in [-0.39, 0.29) is 12.6 Å². The first-order valence-electron chi connectivity index (χ1n) is 8.67. The number of aliphatic hydroxyl groups excluding tert-OH is 1. The van der Waals surface area contributed by atoms with Gasteiger partial charge in [-0.3, -0.25) is 4.68 Å². The predicted molar refractivity (Wildman–Crippen MR) is 91.3 cm³/mol. The third-order valence-corrected chi connectivity index (χ3v) is 5.01. The topological polar surface area (TPSA) is 80.5 Å². The molecule has 0 radical (unpaired) electrons. The van der Waals surface area contributed by atoms with Gasteiger partial charge in [0.1, 0.15) is 5.82 Å². The number of aromatic nitrogens is 3. The highest BCUT2D eigenvalue weighted by atomic mass is 16.5. The van der Waals surface area contributed by atoms with Gasteiger partial charge in [-0.15, -0.1) is 0 Å². The number of anilines is 1. The molecule has 2 aliphatic rings. The van der Waals surface area contributed by atoms with Crippen molar-refractivity contribution in [1.29, 1.82) is 0 Å². The minimum absolute atomic E-state index is 0.117. The molecular formula is C18H22N4O3. The van der Waals surface area contributed by atoms with Crippen LogP contribution in [0.4, 0.5) is 5.82 Å². The van der Waals surface area contributed by atoms with E-state index < -0.39 is 0 Å². The van der Waals surface area contributed by atoms with Gasteiger partial charge < -0.3 is 14.7 Å². The molecule has 0 atom stereocenters. The normalized spacial score (nSPS) is 17.4. The molecule has 1 saturated heterocycles. The molecule has 4 rings (SSSR count). The summed E-state index contributed by atoms with van der Waals surface area (Å²) in [4.78, 5) is 18.6. The lowest BCUT2D eigenvalue weighted by molar-refractivity contribution is 0.0526. The van der Waals surface area contributed by atoms with Crippen LogP contribution in [0.5, 0.6) is 0 Å². The molecule has 2 aromatic rings. The minimum atomic E-state index is -0.378. The van der Waals surface area contributed by atoms with Crippen LogP contribution in [0.1, 0.15) is 41.4 Å². The van der Waals surface area contributed by atoms with Crippen LogP contribution < -0.4 is 4.90 Å². The van der Waals surface area contributed by atoms with Crippen LogP contribution in [0.3, 0.4) is 0 Å². The maximum Gasteiger partial charge on any atom is 0.341 e. The average Bonchev–Trinajstić information content (AvgIpc) is 3.26. The fourth-order valence-corrected chi connectivity index (χ4v) is 3.34. The van der Waals surface area contributed by atoms with Crippen molar-refractivity contribution >= 4 is 11.8 Å². The molecule has 0 amide bonds. The van der Waals surface area contributed by atoms with Crippen molar-refractivity contribution in [3.8, 4) is 0 Å². The molecule has 0 bridgehead atoms. The standard InChI is InChI=1S/C18H22N4O3/c1-2-25-17(24)14-7-19-22(9-14)8-13-3-4-16(20-15(13)10-23)21-11-18(12-21)5-6-18/h3-4,7,9,23H,2,5-6,8,10-12H2,1H3. The van der Waals surface area contributed by atoms with E-state index in [1.807, 2.05) is 12.1 Å². The number of carbonyl (C=O) groups is 1. The number of esters is 1. The van der Waals surface area contributed by atoms with Crippen molar-refractivity contribution in [2.45, 2.75) is 32.9 Å². The monoisotopic (exact) mass is 342 g/mol. The van der Waals surface area contributed by atoms with Crippen LogP contribution in [0, 0.1) is 5.41 Å². The number of nitrogens with zero attached hydrogens (tertiary/aromatic N) is 4. The Kier molecular flexibility index (Phi) is 3.95. The van der Waals surface area contributed by atoms with Crippen LogP contribution >= 0.6 is 0 Å². The summed E-state index contributed by atoms with van der Waals surface area (Å²) in [6.45, 7) is 4.59. The molecule has 3 heterocycles. The Morgan fingerprint density at radius 2 is 2.16 bits per heavy atom. The highest BCUT2D eigenvalue weighted by Crippen LogP contribution is 2.53. The average molecular weight is 342 g/mol. The molecule has 7 heteroatoms. The lowest BCUT2D eigenvalue weighted by Gasteiger charge is -2.41. The van der Waals surface area contributed by atoms with Crippen molar-refractivity contribution in [2.75, 3.05) is 24.6 Å². The lowest BCUT2D eigenvalue weighted by Crippen LogP contribution is -2.48. The van der Waals surface area contributed by atoms with Gasteiger partial charge in [0.05, 0.1) is 37.2 Å². The van der Waals surface area contributed by atoms with E-state index in [0.29, 0.717) is 29.8 Å². The first-order valence-corrected chi connectivity index (χ1v) is 8.67. The molecule has 1 saturated carbocycles. The second kappa shape index (κ2) is 6.15. The first kappa shape index (κ1) is 16.1. The quantitative estimate of drug-likeness (QED) is 0.803. The zero-order valence-electron chi connectivity index (χ0n) is 14.3. The Hall–Kier alpha value is -2.41. The van der Waals surface area contributed by atoms with Crippen molar-refractivity contribution in [3.05, 3.63) is 41.3 Å². The van der Waals surface area contributed by atoms with Crippen molar-refractivity contribution < 1.29 is 14.6 Å². The summed E-state index contributed by atoms with van der Waals surface area (Å²) < 4.78 is 6.63. The molecule has 2 fully saturated rings. The Morgan fingerprint density at radius 3 is 2.84 bits per heavy atom. The molecule has 1 N–H and O–H groups in total. The second-order valence-electron chi connectivity index (χ2n) is 6.94. The van der Waals surface area contributed by atoms with Crippen LogP contribution in [0.2, 0.25) is 0 Å². The summed E-state index contributed by atoms with van der Waals surface area (Å²) in [6.07, 6.45) is 5.81. The van der Waals surface area contributed by atoms with Crippen LogP contribution in [0.25, 0.3) is 0 Å². The Balaban J connectivity index is 1.47. The number of carbonyl (C=O) groups excluding carboxylic acids is 1. The summed E-state index contributed by atoms with van der Waals surface area (Å²) >= 11 is 0. The Morgan fingerprint density at radius 1 is 1.36 bits per heavy atom. The van der Waals surface area contributed by atoms with E-state index in [1.165, 1.54) is 19.0 Å². The van der Waals surface area contributed by atoms with Crippen LogP contribution in [-0.2, 0) is 17.9 Å². The van der Waals surface area contributed by atoms with E-state index in [2.05, 4.69) is 15.0 Å². The third-order valence-electron chi connectivity index (χ3n) is 5.01. The van der Waals surface area contributed by atoms with Crippen LogP contribution in [0.15, 0.2) is 24.5 Å². The van der Waals surface area contributed by atoms with Gasteiger partial charge in [0.2, 0.25) is 0 Å². The smallest absolute Gasteiger partial charge is 0.341 e. The van der Waals surface area contributed by atoms with Gasteiger partial charge in [0.25, 0.3) is 0 Å². The summed E-state index contributed by atoms with van der Waals surface area (Å²) in [5.74, 6) is 0.550. The van der Waals surface area contributed by atoms with E-state index in [9.17, 15) is 9.90 Å². The molecule has 1 spiro atoms. The third kappa shape index (κ3) is 3.11. The molecule has 1 aliphatic carbocycles. The highest BCUT2D eigenvalue weighted by Gasteiger charge is 2.52. The van der Waals surface area contributed by atoms with E-state index in [0.717, 1.165) is 24.5 Å². The Labute approximate surface area is 146 Å². The van der Waals surface area contributed by atoms with Crippen molar-refractivity contribution in [2.24, 2.45) is 5.41 Å². The molecule has 132 valence electrons. The summed E-state index contributed by atoms with van der Waals surface area (Å²) in [5.41, 5.74) is 2.54. The zero-order valence-corrected chi connectivity index (χ0v) is 14.3. The van der Waals surface area contributed by atoms with E-state index in [4.69, 9.17) is 4.74 Å².